The van der Waals surface area contributed by atoms with Crippen molar-refractivity contribution in [3.05, 3.63) is 81.8 Å². The van der Waals surface area contributed by atoms with Crippen molar-refractivity contribution in [3.8, 4) is 5.75 Å². The first-order chi connectivity index (χ1) is 15.4. The SMILES string of the molecule is COc1cccc(C(=O)N2CCN(c3nc(C)nc(C)c3Cc3ccc(Cl)cc3)CC2)c1. The molecule has 3 aromatic rings. The van der Waals surface area contributed by atoms with Crippen LogP contribution < -0.4 is 9.64 Å². The minimum Gasteiger partial charge on any atom is -0.497 e. The Hall–Kier alpha value is -3.12. The van der Waals surface area contributed by atoms with Crippen LogP contribution in [0.1, 0.15) is 33.0 Å². The maximum absolute atomic E-state index is 13.0. The van der Waals surface area contributed by atoms with Crippen LogP contribution in [0.2, 0.25) is 5.02 Å². The number of rotatable bonds is 5. The standard InChI is InChI=1S/C25H27ClN4O2/c1-17-23(15-19-7-9-21(26)10-8-19)24(28-18(2)27-17)29-11-13-30(14-12-29)25(31)20-5-4-6-22(16-20)32-3/h4-10,16H,11-15H2,1-3H3. The number of ether oxygens (including phenoxy) is 1. The highest BCUT2D eigenvalue weighted by atomic mass is 35.5. The molecular formula is C25H27ClN4O2. The van der Waals surface area contributed by atoms with Crippen molar-refractivity contribution in [3.63, 3.8) is 0 Å². The molecule has 6 nitrogen and oxygen atoms in total. The number of amides is 1. The average Bonchev–Trinajstić information content (AvgIpc) is 2.81. The smallest absolute Gasteiger partial charge is 0.254 e. The van der Waals surface area contributed by atoms with Crippen LogP contribution in [0.5, 0.6) is 5.75 Å². The van der Waals surface area contributed by atoms with E-state index in [-0.39, 0.29) is 5.91 Å². The maximum Gasteiger partial charge on any atom is 0.254 e. The first-order valence-electron chi connectivity index (χ1n) is 10.7. The van der Waals surface area contributed by atoms with Crippen molar-refractivity contribution in [2.75, 3.05) is 38.2 Å². The second-order valence-corrected chi connectivity index (χ2v) is 8.41. The Labute approximate surface area is 193 Å². The predicted molar refractivity (Wildman–Crippen MR) is 127 cm³/mol. The number of anilines is 1. The van der Waals surface area contributed by atoms with Crippen LogP contribution in [-0.2, 0) is 6.42 Å². The van der Waals surface area contributed by atoms with Gasteiger partial charge in [0.1, 0.15) is 17.4 Å². The molecule has 32 heavy (non-hydrogen) atoms. The number of nitrogens with zero attached hydrogens (tertiary/aromatic N) is 4. The largest absolute Gasteiger partial charge is 0.497 e. The fraction of sp³-hybridized carbons (Fsp3) is 0.320. The number of benzene rings is 2. The second-order valence-electron chi connectivity index (χ2n) is 7.97. The van der Waals surface area contributed by atoms with Crippen molar-refractivity contribution in [2.45, 2.75) is 20.3 Å². The average molecular weight is 451 g/mol. The number of piperazine rings is 1. The van der Waals surface area contributed by atoms with Crippen LogP contribution in [-0.4, -0.2) is 54.1 Å². The molecule has 0 unspecified atom stereocenters. The van der Waals surface area contributed by atoms with Gasteiger partial charge < -0.3 is 14.5 Å². The van der Waals surface area contributed by atoms with Gasteiger partial charge in [0.05, 0.1) is 7.11 Å². The molecule has 1 aliphatic heterocycles. The summed E-state index contributed by atoms with van der Waals surface area (Å²) in [5.74, 6) is 2.43. The Balaban J connectivity index is 1.51. The van der Waals surface area contributed by atoms with Crippen LogP contribution in [0, 0.1) is 13.8 Å². The lowest BCUT2D eigenvalue weighted by Crippen LogP contribution is -2.49. The van der Waals surface area contributed by atoms with Crippen LogP contribution in [0.25, 0.3) is 0 Å². The zero-order chi connectivity index (χ0) is 22.7. The zero-order valence-electron chi connectivity index (χ0n) is 18.6. The molecular weight excluding hydrogens is 424 g/mol. The van der Waals surface area contributed by atoms with E-state index in [1.54, 1.807) is 13.2 Å². The number of halogens is 1. The highest BCUT2D eigenvalue weighted by Crippen LogP contribution is 2.26. The third-order valence-corrected chi connectivity index (χ3v) is 6.03. The Morgan fingerprint density at radius 3 is 2.44 bits per heavy atom. The van der Waals surface area contributed by atoms with Gasteiger partial charge in [-0.05, 0) is 49.7 Å². The number of carbonyl (C=O) groups excluding carboxylic acids is 1. The van der Waals surface area contributed by atoms with Gasteiger partial charge in [0.25, 0.3) is 5.91 Å². The third kappa shape index (κ3) is 4.86. The molecule has 1 aliphatic rings. The van der Waals surface area contributed by atoms with Gasteiger partial charge in [-0.3, -0.25) is 4.79 Å². The molecule has 1 fully saturated rings. The summed E-state index contributed by atoms with van der Waals surface area (Å²) in [7, 11) is 1.61. The maximum atomic E-state index is 13.0. The fourth-order valence-corrected chi connectivity index (χ4v) is 4.18. The molecule has 2 heterocycles. The molecule has 1 amide bonds. The van der Waals surface area contributed by atoms with Gasteiger partial charge in [-0.2, -0.15) is 0 Å². The number of aromatic nitrogens is 2. The lowest BCUT2D eigenvalue weighted by molar-refractivity contribution is 0.0746. The molecule has 0 spiro atoms. The number of hydrogen-bond acceptors (Lipinski definition) is 5. The summed E-state index contributed by atoms with van der Waals surface area (Å²) < 4.78 is 5.26. The topological polar surface area (TPSA) is 58.6 Å². The van der Waals surface area contributed by atoms with Gasteiger partial charge in [-0.25, -0.2) is 9.97 Å². The summed E-state index contributed by atoms with van der Waals surface area (Å²) in [6, 6.07) is 15.2. The third-order valence-electron chi connectivity index (χ3n) is 5.78. The van der Waals surface area contributed by atoms with Gasteiger partial charge in [0, 0.05) is 54.4 Å². The Bertz CT molecular complexity index is 1110. The minimum atomic E-state index is 0.0278. The second kappa shape index (κ2) is 9.57. The van der Waals surface area contributed by atoms with E-state index in [2.05, 4.69) is 9.88 Å². The quantitative estimate of drug-likeness (QED) is 0.579. The summed E-state index contributed by atoms with van der Waals surface area (Å²) >= 11 is 6.05. The summed E-state index contributed by atoms with van der Waals surface area (Å²) in [4.78, 5) is 26.5. The van der Waals surface area contributed by atoms with E-state index in [9.17, 15) is 4.79 Å². The number of aryl methyl sites for hydroxylation is 2. The molecule has 2 aromatic carbocycles. The van der Waals surface area contributed by atoms with Gasteiger partial charge in [0.2, 0.25) is 0 Å². The fourth-order valence-electron chi connectivity index (χ4n) is 4.05. The molecule has 1 saturated heterocycles. The van der Waals surface area contributed by atoms with Crippen molar-refractivity contribution < 1.29 is 9.53 Å². The zero-order valence-corrected chi connectivity index (χ0v) is 19.4. The summed E-state index contributed by atoms with van der Waals surface area (Å²) in [6.07, 6.45) is 0.738. The molecule has 0 atom stereocenters. The first kappa shape index (κ1) is 22.1. The molecule has 0 aliphatic carbocycles. The van der Waals surface area contributed by atoms with Crippen LogP contribution >= 0.6 is 11.6 Å². The normalized spacial score (nSPS) is 13.9. The number of carbonyl (C=O) groups is 1. The molecule has 0 bridgehead atoms. The van der Waals surface area contributed by atoms with Crippen LogP contribution in [0.3, 0.4) is 0 Å². The van der Waals surface area contributed by atoms with E-state index in [0.717, 1.165) is 53.0 Å². The van der Waals surface area contributed by atoms with E-state index < -0.39 is 0 Å². The molecule has 7 heteroatoms. The highest BCUT2D eigenvalue weighted by molar-refractivity contribution is 6.30. The van der Waals surface area contributed by atoms with Crippen LogP contribution in [0.4, 0.5) is 5.82 Å². The van der Waals surface area contributed by atoms with E-state index in [0.29, 0.717) is 24.4 Å². The van der Waals surface area contributed by atoms with E-state index >= 15 is 0 Å². The Morgan fingerprint density at radius 1 is 1.03 bits per heavy atom. The monoisotopic (exact) mass is 450 g/mol. The van der Waals surface area contributed by atoms with E-state index in [4.69, 9.17) is 21.3 Å². The van der Waals surface area contributed by atoms with Crippen molar-refractivity contribution in [1.82, 2.24) is 14.9 Å². The van der Waals surface area contributed by atoms with Gasteiger partial charge in [0.15, 0.2) is 0 Å². The molecule has 0 radical (unpaired) electrons. The van der Waals surface area contributed by atoms with E-state index in [1.807, 2.05) is 61.2 Å². The van der Waals surface area contributed by atoms with Crippen molar-refractivity contribution in [1.29, 1.82) is 0 Å². The van der Waals surface area contributed by atoms with Gasteiger partial charge in [-0.1, -0.05) is 29.8 Å². The summed E-state index contributed by atoms with van der Waals surface area (Å²) in [5.41, 5.74) is 3.91. The molecule has 0 N–H and O–H groups in total. The predicted octanol–water partition coefficient (Wildman–Crippen LogP) is 4.31. The van der Waals surface area contributed by atoms with Gasteiger partial charge in [-0.15, -0.1) is 0 Å². The summed E-state index contributed by atoms with van der Waals surface area (Å²) in [6.45, 7) is 6.67. The Kier molecular flexibility index (Phi) is 6.61. The van der Waals surface area contributed by atoms with Gasteiger partial charge >= 0.3 is 0 Å². The summed E-state index contributed by atoms with van der Waals surface area (Å²) in [5, 5.41) is 0.725. The number of hydrogen-bond donors (Lipinski definition) is 0. The lowest BCUT2D eigenvalue weighted by atomic mass is 10.0. The molecule has 0 saturated carbocycles. The molecule has 4 rings (SSSR count). The highest BCUT2D eigenvalue weighted by Gasteiger charge is 2.25. The van der Waals surface area contributed by atoms with Crippen molar-refractivity contribution in [2.24, 2.45) is 0 Å². The number of methoxy groups -OCH3 is 1. The van der Waals surface area contributed by atoms with Crippen LogP contribution in [0.15, 0.2) is 48.5 Å². The molecule has 1 aromatic heterocycles. The van der Waals surface area contributed by atoms with Crippen molar-refractivity contribution >= 4 is 23.3 Å². The lowest BCUT2D eigenvalue weighted by Gasteiger charge is -2.36. The first-order valence-corrected chi connectivity index (χ1v) is 11.1. The molecule has 166 valence electrons. The minimum absolute atomic E-state index is 0.0278. The Morgan fingerprint density at radius 2 is 1.75 bits per heavy atom. The van der Waals surface area contributed by atoms with E-state index in [1.165, 1.54) is 0 Å².